The molecule has 1 aromatic heterocycles. The highest BCUT2D eigenvalue weighted by Crippen LogP contribution is 2.46. The number of hydrogen-bond donors (Lipinski definition) is 0. The first kappa shape index (κ1) is 17.6. The summed E-state index contributed by atoms with van der Waals surface area (Å²) in [7, 11) is 0. The second kappa shape index (κ2) is 7.14. The summed E-state index contributed by atoms with van der Waals surface area (Å²) in [5, 5.41) is 1.68. The van der Waals surface area contributed by atoms with Crippen LogP contribution in [0.25, 0.3) is 0 Å². The Morgan fingerprint density at radius 1 is 0.862 bits per heavy atom. The number of carbonyl (C=O) groups excluding carboxylic acids is 2. The Hall–Kier alpha value is -3.51. The highest BCUT2D eigenvalue weighted by Gasteiger charge is 2.59. The first-order valence-corrected chi connectivity index (χ1v) is 9.54. The van der Waals surface area contributed by atoms with Gasteiger partial charge in [0.1, 0.15) is 5.92 Å². The second-order valence-corrected chi connectivity index (χ2v) is 7.19. The van der Waals surface area contributed by atoms with Crippen molar-refractivity contribution in [2.24, 2.45) is 5.92 Å². The summed E-state index contributed by atoms with van der Waals surface area (Å²) in [5.41, 5.74) is 2.55. The molecule has 6 nitrogen and oxygen atoms in total. The summed E-state index contributed by atoms with van der Waals surface area (Å²) in [6.45, 7) is 0.250. The van der Waals surface area contributed by atoms with E-state index >= 15 is 0 Å². The molecule has 2 saturated heterocycles. The number of imide groups is 1. The van der Waals surface area contributed by atoms with Crippen LogP contribution in [0.3, 0.4) is 0 Å². The topological polar surface area (TPSA) is 62.7 Å². The van der Waals surface area contributed by atoms with Crippen LogP contribution >= 0.6 is 0 Å². The van der Waals surface area contributed by atoms with Crippen LogP contribution in [0.4, 0.5) is 5.69 Å². The highest BCUT2D eigenvalue weighted by molar-refractivity contribution is 6.07. The molecule has 2 aliphatic rings. The van der Waals surface area contributed by atoms with E-state index in [1.54, 1.807) is 17.5 Å². The molecule has 2 fully saturated rings. The fraction of sp³-hybridized carbons (Fsp3) is 0.174. The lowest BCUT2D eigenvalue weighted by Crippen LogP contribution is -2.36. The molecule has 6 heteroatoms. The molecular weight excluding hydrogens is 366 g/mol. The Morgan fingerprint density at radius 3 is 2.28 bits per heavy atom. The second-order valence-electron chi connectivity index (χ2n) is 7.19. The van der Waals surface area contributed by atoms with Crippen molar-refractivity contribution in [1.82, 2.24) is 9.88 Å². The summed E-state index contributed by atoms with van der Waals surface area (Å²) in [6, 6.07) is 22.4. The van der Waals surface area contributed by atoms with Crippen molar-refractivity contribution in [2.45, 2.75) is 18.7 Å². The lowest BCUT2D eigenvalue weighted by Gasteiger charge is -2.28. The van der Waals surface area contributed by atoms with E-state index in [0.29, 0.717) is 0 Å². The van der Waals surface area contributed by atoms with Gasteiger partial charge in [-0.2, -0.15) is 0 Å². The number of para-hydroxylation sites is 1. The number of likely N-dealkylation sites (tertiary alicyclic amines) is 1. The third kappa shape index (κ3) is 2.98. The third-order valence-electron chi connectivity index (χ3n) is 5.43. The monoisotopic (exact) mass is 385 g/mol. The Labute approximate surface area is 168 Å². The molecule has 29 heavy (non-hydrogen) atoms. The molecule has 0 aliphatic carbocycles. The van der Waals surface area contributed by atoms with Crippen LogP contribution in [0.1, 0.15) is 17.2 Å². The predicted molar refractivity (Wildman–Crippen MR) is 106 cm³/mol. The summed E-state index contributed by atoms with van der Waals surface area (Å²) < 4.78 is 0. The zero-order chi connectivity index (χ0) is 19.8. The molecule has 0 radical (unpaired) electrons. The van der Waals surface area contributed by atoms with Crippen LogP contribution in [0.2, 0.25) is 0 Å². The van der Waals surface area contributed by atoms with Crippen LogP contribution < -0.4 is 5.06 Å². The largest absolute Gasteiger partial charge is 0.275 e. The maximum Gasteiger partial charge on any atom is 0.262 e. The van der Waals surface area contributed by atoms with E-state index in [-0.39, 0.29) is 18.4 Å². The smallest absolute Gasteiger partial charge is 0.262 e. The van der Waals surface area contributed by atoms with E-state index in [2.05, 4.69) is 4.98 Å². The van der Waals surface area contributed by atoms with Crippen molar-refractivity contribution >= 4 is 17.5 Å². The summed E-state index contributed by atoms with van der Waals surface area (Å²) >= 11 is 0. The van der Waals surface area contributed by atoms with Crippen molar-refractivity contribution in [3.63, 3.8) is 0 Å². The van der Waals surface area contributed by atoms with Crippen molar-refractivity contribution in [3.05, 3.63) is 96.3 Å². The van der Waals surface area contributed by atoms with Gasteiger partial charge in [-0.1, -0.05) is 54.6 Å². The van der Waals surface area contributed by atoms with Crippen LogP contribution in [-0.2, 0) is 21.0 Å². The summed E-state index contributed by atoms with van der Waals surface area (Å²) in [5.74, 6) is -1.12. The number of amides is 2. The Kier molecular flexibility index (Phi) is 4.33. The number of fused-ring (bicyclic) bond motifs is 1. The zero-order valence-electron chi connectivity index (χ0n) is 15.6. The van der Waals surface area contributed by atoms with Gasteiger partial charge in [0.15, 0.2) is 6.10 Å². The van der Waals surface area contributed by atoms with Gasteiger partial charge in [-0.3, -0.25) is 24.3 Å². The minimum Gasteiger partial charge on any atom is -0.275 e. The number of anilines is 1. The molecular formula is C23H19N3O3. The highest BCUT2D eigenvalue weighted by atomic mass is 16.7. The van der Waals surface area contributed by atoms with Gasteiger partial charge in [-0.05, 0) is 29.3 Å². The molecule has 0 unspecified atom stereocenters. The third-order valence-corrected chi connectivity index (χ3v) is 5.43. The Balaban J connectivity index is 1.52. The molecule has 2 amide bonds. The predicted octanol–water partition coefficient (Wildman–Crippen LogP) is 3.13. The molecule has 0 N–H and O–H groups in total. The van der Waals surface area contributed by atoms with Gasteiger partial charge in [0.25, 0.3) is 5.91 Å². The number of hydroxylamine groups is 1. The Morgan fingerprint density at radius 2 is 1.59 bits per heavy atom. The minimum atomic E-state index is -0.836. The molecule has 2 aromatic carbocycles. The molecule has 3 heterocycles. The maximum atomic E-state index is 13.3. The van der Waals surface area contributed by atoms with Crippen molar-refractivity contribution < 1.29 is 14.4 Å². The Bertz CT molecular complexity index is 1030. The maximum absolute atomic E-state index is 13.3. The molecule has 3 atom stereocenters. The van der Waals surface area contributed by atoms with Crippen LogP contribution in [-0.4, -0.2) is 27.8 Å². The SMILES string of the molecule is O=C1[C@@H]2[C@H](ON(c3ccccc3)[C@H]2c2cccnc2)C(=O)N1Cc1ccccc1. The van der Waals surface area contributed by atoms with Gasteiger partial charge in [0.05, 0.1) is 18.3 Å². The van der Waals surface area contributed by atoms with Gasteiger partial charge in [0, 0.05) is 12.4 Å². The van der Waals surface area contributed by atoms with Gasteiger partial charge in [0.2, 0.25) is 5.91 Å². The number of aromatic nitrogens is 1. The lowest BCUT2D eigenvalue weighted by atomic mass is 9.91. The molecule has 0 saturated carbocycles. The fourth-order valence-corrected chi connectivity index (χ4v) is 4.08. The normalized spacial score (nSPS) is 23.5. The average Bonchev–Trinajstić information content (AvgIpc) is 3.28. The average molecular weight is 385 g/mol. The quantitative estimate of drug-likeness (QED) is 0.646. The van der Waals surface area contributed by atoms with E-state index < -0.39 is 18.1 Å². The molecule has 2 aliphatic heterocycles. The number of benzene rings is 2. The molecule has 0 spiro atoms. The van der Waals surface area contributed by atoms with Crippen LogP contribution in [0.15, 0.2) is 85.2 Å². The van der Waals surface area contributed by atoms with Crippen molar-refractivity contribution in [3.8, 4) is 0 Å². The minimum absolute atomic E-state index is 0.212. The molecule has 5 rings (SSSR count). The van der Waals surface area contributed by atoms with Gasteiger partial charge >= 0.3 is 0 Å². The number of nitrogens with zero attached hydrogens (tertiary/aromatic N) is 3. The number of carbonyl (C=O) groups is 2. The van der Waals surface area contributed by atoms with Crippen molar-refractivity contribution in [1.29, 1.82) is 0 Å². The fourth-order valence-electron chi connectivity index (χ4n) is 4.08. The van der Waals surface area contributed by atoms with Gasteiger partial charge < -0.3 is 0 Å². The number of pyridine rings is 1. The van der Waals surface area contributed by atoms with E-state index in [1.165, 1.54) is 4.90 Å². The van der Waals surface area contributed by atoms with Gasteiger partial charge in [-0.15, -0.1) is 0 Å². The molecule has 144 valence electrons. The standard InChI is InChI=1S/C23H19N3O3/c27-22-19-20(17-10-7-13-24-14-17)26(18-11-5-2-6-12-18)29-21(19)23(28)25(22)15-16-8-3-1-4-9-16/h1-14,19-21H,15H2/t19-,20-,21-/m0/s1. The van der Waals surface area contributed by atoms with E-state index in [4.69, 9.17) is 4.84 Å². The van der Waals surface area contributed by atoms with Crippen LogP contribution in [0, 0.1) is 5.92 Å². The first-order valence-electron chi connectivity index (χ1n) is 9.54. The molecule has 0 bridgehead atoms. The van der Waals surface area contributed by atoms with E-state index in [9.17, 15) is 9.59 Å². The van der Waals surface area contributed by atoms with Crippen molar-refractivity contribution in [2.75, 3.05) is 5.06 Å². The first-order chi connectivity index (χ1) is 14.2. The number of rotatable bonds is 4. The number of hydrogen-bond acceptors (Lipinski definition) is 5. The lowest BCUT2D eigenvalue weighted by molar-refractivity contribution is -0.143. The molecule has 3 aromatic rings. The van der Waals surface area contributed by atoms with E-state index in [1.807, 2.05) is 72.8 Å². The summed E-state index contributed by atoms with van der Waals surface area (Å²) in [4.78, 5) is 38.0. The van der Waals surface area contributed by atoms with E-state index in [0.717, 1.165) is 16.8 Å². The van der Waals surface area contributed by atoms with Crippen LogP contribution in [0.5, 0.6) is 0 Å². The zero-order valence-corrected chi connectivity index (χ0v) is 15.6. The van der Waals surface area contributed by atoms with Gasteiger partial charge in [-0.25, -0.2) is 5.06 Å². The summed E-state index contributed by atoms with van der Waals surface area (Å²) in [6.07, 6.45) is 2.58.